The maximum atomic E-state index is 13.6. The molecule has 1 aromatic carbocycles. The Balaban J connectivity index is 0.00000150. The molecule has 0 bridgehead atoms. The van der Waals surface area contributed by atoms with E-state index in [1.54, 1.807) is 0 Å². The van der Waals surface area contributed by atoms with E-state index in [1.807, 2.05) is 23.1 Å². The van der Waals surface area contributed by atoms with Gasteiger partial charge in [0.25, 0.3) is 5.91 Å². The number of nitrogens with zero attached hydrogens (tertiary/aromatic N) is 2. The lowest BCUT2D eigenvalue weighted by atomic mass is 9.70. The fourth-order valence-electron chi connectivity index (χ4n) is 4.74. The summed E-state index contributed by atoms with van der Waals surface area (Å²) < 4.78 is 0. The zero-order valence-corrected chi connectivity index (χ0v) is 19.2. The summed E-state index contributed by atoms with van der Waals surface area (Å²) in [5.74, 6) is 1.19. The fraction of sp³-hybridized carbons (Fsp3) is 0.565. The van der Waals surface area contributed by atoms with E-state index < -0.39 is 0 Å². The van der Waals surface area contributed by atoms with Crippen LogP contribution >= 0.6 is 24.8 Å². The standard InChI is InChI=1S/C23H31N3O.2ClH/c1-23(2,3)16-8-9-20-18(12-16)21(17-6-4-5-7-19(17)25-20)22(27)26-11-10-15(13-24)14-26;;/h4-7,15-16H,8-14,24H2,1-3H3;2*1H. The van der Waals surface area contributed by atoms with E-state index in [4.69, 9.17) is 10.7 Å². The summed E-state index contributed by atoms with van der Waals surface area (Å²) in [6.45, 7) is 9.18. The van der Waals surface area contributed by atoms with Gasteiger partial charge in [-0.05, 0) is 61.1 Å². The Bertz CT molecular complexity index is 878. The number of rotatable bonds is 2. The summed E-state index contributed by atoms with van der Waals surface area (Å²) in [6, 6.07) is 8.13. The molecule has 2 aliphatic rings. The van der Waals surface area contributed by atoms with Crippen molar-refractivity contribution in [3.63, 3.8) is 0 Å². The van der Waals surface area contributed by atoms with Crippen LogP contribution < -0.4 is 5.73 Å². The highest BCUT2D eigenvalue weighted by molar-refractivity contribution is 6.07. The number of pyridine rings is 1. The predicted octanol–water partition coefficient (Wildman–Crippen LogP) is 4.65. The number of carbonyl (C=O) groups is 1. The number of hydrogen-bond acceptors (Lipinski definition) is 3. The predicted molar refractivity (Wildman–Crippen MR) is 124 cm³/mol. The van der Waals surface area contributed by atoms with Gasteiger partial charge in [0.1, 0.15) is 0 Å². The number of benzene rings is 1. The molecule has 0 radical (unpaired) electrons. The van der Waals surface area contributed by atoms with E-state index in [9.17, 15) is 4.79 Å². The number of fused-ring (bicyclic) bond motifs is 2. The Morgan fingerprint density at radius 2 is 1.93 bits per heavy atom. The summed E-state index contributed by atoms with van der Waals surface area (Å²) >= 11 is 0. The molecule has 4 nitrogen and oxygen atoms in total. The van der Waals surface area contributed by atoms with Crippen molar-refractivity contribution in [3.05, 3.63) is 41.1 Å². The second-order valence-corrected chi connectivity index (χ2v) is 9.38. The monoisotopic (exact) mass is 437 g/mol. The molecule has 29 heavy (non-hydrogen) atoms. The third kappa shape index (κ3) is 4.55. The quantitative estimate of drug-likeness (QED) is 0.743. The average Bonchev–Trinajstić information content (AvgIpc) is 3.13. The van der Waals surface area contributed by atoms with Gasteiger partial charge in [0.05, 0.1) is 11.1 Å². The van der Waals surface area contributed by atoms with E-state index in [-0.39, 0.29) is 36.1 Å². The largest absolute Gasteiger partial charge is 0.338 e. The molecule has 1 aliphatic carbocycles. The van der Waals surface area contributed by atoms with Crippen molar-refractivity contribution in [3.8, 4) is 0 Å². The summed E-state index contributed by atoms with van der Waals surface area (Å²) in [5.41, 5.74) is 10.3. The Morgan fingerprint density at radius 3 is 2.59 bits per heavy atom. The van der Waals surface area contributed by atoms with Gasteiger partial charge in [-0.3, -0.25) is 9.78 Å². The van der Waals surface area contributed by atoms with Crippen LogP contribution in [0, 0.1) is 17.3 Å². The average molecular weight is 438 g/mol. The minimum atomic E-state index is 0. The van der Waals surface area contributed by atoms with Gasteiger partial charge in [-0.15, -0.1) is 24.8 Å². The van der Waals surface area contributed by atoms with Crippen molar-refractivity contribution < 1.29 is 4.79 Å². The van der Waals surface area contributed by atoms with E-state index in [2.05, 4.69) is 26.8 Å². The highest BCUT2D eigenvalue weighted by atomic mass is 35.5. The Kier molecular flexibility index (Phi) is 7.58. The molecule has 1 aromatic heterocycles. The first kappa shape index (κ1) is 23.9. The zero-order chi connectivity index (χ0) is 19.2. The molecule has 1 fully saturated rings. The highest BCUT2D eigenvalue weighted by Gasteiger charge is 2.35. The van der Waals surface area contributed by atoms with Crippen LogP contribution in [-0.4, -0.2) is 35.4 Å². The van der Waals surface area contributed by atoms with Crippen LogP contribution in [-0.2, 0) is 12.8 Å². The van der Waals surface area contributed by atoms with Gasteiger partial charge >= 0.3 is 0 Å². The van der Waals surface area contributed by atoms with Gasteiger partial charge in [-0.25, -0.2) is 0 Å². The van der Waals surface area contributed by atoms with Crippen molar-refractivity contribution in [1.29, 1.82) is 0 Å². The van der Waals surface area contributed by atoms with Gasteiger partial charge in [0, 0.05) is 24.2 Å². The summed E-state index contributed by atoms with van der Waals surface area (Å²) in [4.78, 5) is 20.6. The molecule has 2 aromatic rings. The maximum absolute atomic E-state index is 13.6. The van der Waals surface area contributed by atoms with Crippen LogP contribution in [0.1, 0.15) is 55.2 Å². The first-order valence-electron chi connectivity index (χ1n) is 10.3. The number of carbonyl (C=O) groups excluding carboxylic acids is 1. The third-order valence-corrected chi connectivity index (χ3v) is 6.60. The van der Waals surface area contributed by atoms with Crippen LogP contribution in [0.2, 0.25) is 0 Å². The normalized spacial score (nSPS) is 21.3. The van der Waals surface area contributed by atoms with Crippen LogP contribution in [0.3, 0.4) is 0 Å². The number of para-hydroxylation sites is 1. The van der Waals surface area contributed by atoms with Crippen LogP contribution in [0.15, 0.2) is 24.3 Å². The van der Waals surface area contributed by atoms with Crippen LogP contribution in [0.25, 0.3) is 10.9 Å². The maximum Gasteiger partial charge on any atom is 0.254 e. The molecule has 1 amide bonds. The first-order chi connectivity index (χ1) is 12.9. The number of halogens is 2. The van der Waals surface area contributed by atoms with Crippen molar-refractivity contribution in [2.75, 3.05) is 19.6 Å². The topological polar surface area (TPSA) is 59.2 Å². The highest BCUT2D eigenvalue weighted by Crippen LogP contribution is 2.40. The lowest BCUT2D eigenvalue weighted by Gasteiger charge is -2.36. The summed E-state index contributed by atoms with van der Waals surface area (Å²) in [6.07, 6.45) is 4.08. The van der Waals surface area contributed by atoms with Crippen molar-refractivity contribution >= 4 is 41.6 Å². The summed E-state index contributed by atoms with van der Waals surface area (Å²) in [5, 5.41) is 1.01. The molecule has 0 spiro atoms. The molecule has 2 heterocycles. The van der Waals surface area contributed by atoms with Crippen LogP contribution in [0.5, 0.6) is 0 Å². The third-order valence-electron chi connectivity index (χ3n) is 6.60. The van der Waals surface area contributed by atoms with Gasteiger partial charge < -0.3 is 10.6 Å². The second-order valence-electron chi connectivity index (χ2n) is 9.38. The van der Waals surface area contributed by atoms with E-state index in [0.717, 1.165) is 60.9 Å². The Morgan fingerprint density at radius 1 is 1.21 bits per heavy atom. The van der Waals surface area contributed by atoms with E-state index >= 15 is 0 Å². The fourth-order valence-corrected chi connectivity index (χ4v) is 4.74. The molecule has 2 unspecified atom stereocenters. The number of aromatic nitrogens is 1. The van der Waals surface area contributed by atoms with Gasteiger partial charge in [0.15, 0.2) is 0 Å². The van der Waals surface area contributed by atoms with E-state index in [1.165, 1.54) is 5.56 Å². The van der Waals surface area contributed by atoms with Crippen molar-refractivity contribution in [2.24, 2.45) is 23.0 Å². The number of aryl methyl sites for hydroxylation is 1. The molecule has 160 valence electrons. The lowest BCUT2D eigenvalue weighted by molar-refractivity contribution is 0.0786. The Hall–Kier alpha value is -1.36. The number of likely N-dealkylation sites (tertiary alicyclic amines) is 1. The first-order valence-corrected chi connectivity index (χ1v) is 10.3. The molecule has 0 saturated carbocycles. The molecule has 1 saturated heterocycles. The van der Waals surface area contributed by atoms with Gasteiger partial charge in [0.2, 0.25) is 0 Å². The molecular formula is C23H33Cl2N3O. The minimum absolute atomic E-state index is 0. The second kappa shape index (κ2) is 9.20. The SMILES string of the molecule is CC(C)(C)C1CCc2nc3ccccc3c(C(=O)N3CCC(CN)C3)c2C1.Cl.Cl. The lowest BCUT2D eigenvalue weighted by Crippen LogP contribution is -2.33. The van der Waals surface area contributed by atoms with Crippen molar-refractivity contribution in [1.82, 2.24) is 9.88 Å². The molecule has 2 N–H and O–H groups in total. The molecule has 4 rings (SSSR count). The molecular weight excluding hydrogens is 405 g/mol. The molecule has 2 atom stereocenters. The van der Waals surface area contributed by atoms with Gasteiger partial charge in [-0.1, -0.05) is 39.0 Å². The van der Waals surface area contributed by atoms with Gasteiger partial charge in [-0.2, -0.15) is 0 Å². The van der Waals surface area contributed by atoms with Crippen molar-refractivity contribution in [2.45, 2.75) is 46.5 Å². The molecule has 1 aliphatic heterocycles. The number of nitrogens with two attached hydrogens (primary N) is 1. The minimum Gasteiger partial charge on any atom is -0.338 e. The number of amides is 1. The van der Waals surface area contributed by atoms with E-state index in [0.29, 0.717) is 18.4 Å². The van der Waals surface area contributed by atoms with Crippen LogP contribution in [0.4, 0.5) is 0 Å². The zero-order valence-electron chi connectivity index (χ0n) is 17.6. The summed E-state index contributed by atoms with van der Waals surface area (Å²) in [7, 11) is 0. The number of hydrogen-bond donors (Lipinski definition) is 1. The molecule has 6 heteroatoms. The smallest absolute Gasteiger partial charge is 0.254 e. The Labute approximate surface area is 186 Å².